The van der Waals surface area contributed by atoms with E-state index in [1.807, 2.05) is 48.5 Å². The molecule has 2 aromatic rings. The molecule has 2 aromatic carbocycles. The Hall–Kier alpha value is -2.02. The van der Waals surface area contributed by atoms with Gasteiger partial charge in [-0.3, -0.25) is 9.69 Å². The molecule has 0 radical (unpaired) electrons. The molecule has 1 fully saturated rings. The lowest BCUT2D eigenvalue weighted by molar-refractivity contribution is -0.122. The molecule has 0 unspecified atom stereocenters. The Kier molecular flexibility index (Phi) is 7.58. The van der Waals surface area contributed by atoms with Gasteiger partial charge in [-0.2, -0.15) is 0 Å². The summed E-state index contributed by atoms with van der Waals surface area (Å²) in [7, 11) is 1.60. The molecule has 29 heavy (non-hydrogen) atoms. The van der Waals surface area contributed by atoms with E-state index in [0.29, 0.717) is 38.9 Å². The van der Waals surface area contributed by atoms with Crippen LogP contribution in [0.3, 0.4) is 0 Å². The second kappa shape index (κ2) is 10.1. The predicted octanol–water partition coefficient (Wildman–Crippen LogP) is 5.93. The lowest BCUT2D eigenvalue weighted by atomic mass is 10.1. The Balaban J connectivity index is 1.73. The van der Waals surface area contributed by atoms with Crippen LogP contribution in [0.25, 0.3) is 6.08 Å². The van der Waals surface area contributed by atoms with E-state index in [-0.39, 0.29) is 5.91 Å². The van der Waals surface area contributed by atoms with Crippen LogP contribution in [0.1, 0.15) is 30.9 Å². The summed E-state index contributed by atoms with van der Waals surface area (Å²) in [6, 6.07) is 13.1. The van der Waals surface area contributed by atoms with Crippen LogP contribution >= 0.6 is 35.6 Å². The largest absolute Gasteiger partial charge is 0.493 e. The number of thiocarbonyl (C=S) groups is 1. The van der Waals surface area contributed by atoms with E-state index in [4.69, 9.17) is 33.3 Å². The van der Waals surface area contributed by atoms with E-state index >= 15 is 0 Å². The van der Waals surface area contributed by atoms with Gasteiger partial charge in [-0.15, -0.1) is 0 Å². The molecule has 1 amide bonds. The van der Waals surface area contributed by atoms with Crippen LogP contribution in [0.4, 0.5) is 0 Å². The molecule has 152 valence electrons. The second-order valence-electron chi connectivity index (χ2n) is 6.51. The molecule has 0 aromatic heterocycles. The average Bonchev–Trinajstić information content (AvgIpc) is 2.99. The zero-order valence-electron chi connectivity index (χ0n) is 16.3. The number of thioether (sulfide) groups is 1. The van der Waals surface area contributed by atoms with Crippen molar-refractivity contribution in [1.29, 1.82) is 0 Å². The maximum absolute atomic E-state index is 12.6. The fourth-order valence-electron chi connectivity index (χ4n) is 2.80. The number of ether oxygens (including phenoxy) is 2. The highest BCUT2D eigenvalue weighted by atomic mass is 35.5. The molecular formula is C22H22ClNO3S2. The zero-order chi connectivity index (χ0) is 20.8. The van der Waals surface area contributed by atoms with Crippen LogP contribution in [0.5, 0.6) is 11.5 Å². The number of carbonyl (C=O) groups excluding carboxylic acids is 1. The molecular weight excluding hydrogens is 426 g/mol. The predicted molar refractivity (Wildman–Crippen MR) is 124 cm³/mol. The van der Waals surface area contributed by atoms with Crippen LogP contribution < -0.4 is 9.47 Å². The van der Waals surface area contributed by atoms with E-state index in [2.05, 4.69) is 6.92 Å². The third-order valence-electron chi connectivity index (χ3n) is 4.40. The highest BCUT2D eigenvalue weighted by Crippen LogP contribution is 2.35. The van der Waals surface area contributed by atoms with Crippen molar-refractivity contribution >= 4 is 51.9 Å². The first kappa shape index (κ1) is 21.7. The van der Waals surface area contributed by atoms with Gasteiger partial charge in [0.05, 0.1) is 12.0 Å². The third kappa shape index (κ3) is 5.53. The highest BCUT2D eigenvalue weighted by Gasteiger charge is 2.31. The number of nitrogens with zero attached hydrogens (tertiary/aromatic N) is 1. The van der Waals surface area contributed by atoms with E-state index in [1.54, 1.807) is 12.0 Å². The molecule has 0 spiro atoms. The number of carbonyl (C=O) groups is 1. The minimum Gasteiger partial charge on any atom is -0.493 e. The first-order valence-corrected chi connectivity index (χ1v) is 10.9. The van der Waals surface area contributed by atoms with Crippen LogP contribution in [0, 0.1) is 0 Å². The zero-order valence-corrected chi connectivity index (χ0v) is 18.7. The molecule has 0 saturated carbocycles. The van der Waals surface area contributed by atoms with Crippen molar-refractivity contribution in [2.24, 2.45) is 0 Å². The maximum Gasteiger partial charge on any atom is 0.266 e. The Morgan fingerprint density at radius 2 is 1.93 bits per heavy atom. The second-order valence-corrected chi connectivity index (χ2v) is 8.62. The standard InChI is InChI=1S/C22H22ClNO3S2/c1-3-4-11-24-21(25)20(29-22(24)28)13-16-7-10-18(19(12-16)26-2)27-14-15-5-8-17(23)9-6-15/h5-10,12-13H,3-4,11,14H2,1-2H3/b20-13-. The van der Waals surface area contributed by atoms with Gasteiger partial charge in [-0.25, -0.2) is 0 Å². The van der Waals surface area contributed by atoms with Crippen LogP contribution in [0.15, 0.2) is 47.4 Å². The molecule has 1 aliphatic heterocycles. The number of unbranched alkanes of at least 4 members (excludes halogenated alkanes) is 1. The highest BCUT2D eigenvalue weighted by molar-refractivity contribution is 8.26. The van der Waals surface area contributed by atoms with Crippen LogP contribution in [0.2, 0.25) is 5.02 Å². The molecule has 0 bridgehead atoms. The lowest BCUT2D eigenvalue weighted by Gasteiger charge is -2.13. The summed E-state index contributed by atoms with van der Waals surface area (Å²) in [5, 5.41) is 0.691. The SMILES string of the molecule is CCCCN1C(=O)/C(=C/c2ccc(OCc3ccc(Cl)cc3)c(OC)c2)SC1=S. The monoisotopic (exact) mass is 447 g/mol. The van der Waals surface area contributed by atoms with Gasteiger partial charge < -0.3 is 9.47 Å². The normalized spacial score (nSPS) is 15.3. The minimum absolute atomic E-state index is 0.0320. The molecule has 1 saturated heterocycles. The maximum atomic E-state index is 12.6. The van der Waals surface area contributed by atoms with Crippen molar-refractivity contribution in [3.63, 3.8) is 0 Å². The van der Waals surface area contributed by atoms with Crippen molar-refractivity contribution in [2.45, 2.75) is 26.4 Å². The Morgan fingerprint density at radius 3 is 2.62 bits per heavy atom. The van der Waals surface area contributed by atoms with Gasteiger partial charge in [0, 0.05) is 11.6 Å². The van der Waals surface area contributed by atoms with Gasteiger partial charge in [-0.1, -0.05) is 67.1 Å². The van der Waals surface area contributed by atoms with Crippen molar-refractivity contribution in [1.82, 2.24) is 4.90 Å². The summed E-state index contributed by atoms with van der Waals surface area (Å²) in [5.74, 6) is 1.21. The summed E-state index contributed by atoms with van der Waals surface area (Å²) in [6.07, 6.45) is 3.80. The van der Waals surface area contributed by atoms with Crippen LogP contribution in [-0.2, 0) is 11.4 Å². The lowest BCUT2D eigenvalue weighted by Crippen LogP contribution is -2.28. The van der Waals surface area contributed by atoms with Gasteiger partial charge in [0.25, 0.3) is 5.91 Å². The van der Waals surface area contributed by atoms with E-state index in [0.717, 1.165) is 24.0 Å². The summed E-state index contributed by atoms with van der Waals surface area (Å²) >= 11 is 12.6. The Bertz CT molecular complexity index is 928. The van der Waals surface area contributed by atoms with E-state index < -0.39 is 0 Å². The number of hydrogen-bond donors (Lipinski definition) is 0. The number of amides is 1. The number of hydrogen-bond acceptors (Lipinski definition) is 5. The first-order valence-electron chi connectivity index (χ1n) is 9.32. The van der Waals surface area contributed by atoms with Gasteiger partial charge in [0.2, 0.25) is 0 Å². The fourth-order valence-corrected chi connectivity index (χ4v) is 4.23. The number of benzene rings is 2. The topological polar surface area (TPSA) is 38.8 Å². The van der Waals surface area contributed by atoms with Crippen molar-refractivity contribution in [3.05, 3.63) is 63.5 Å². The average molecular weight is 448 g/mol. The Morgan fingerprint density at radius 1 is 1.17 bits per heavy atom. The van der Waals surface area contributed by atoms with Gasteiger partial charge >= 0.3 is 0 Å². The quantitative estimate of drug-likeness (QED) is 0.370. The third-order valence-corrected chi connectivity index (χ3v) is 6.03. The number of halogens is 1. The van der Waals surface area contributed by atoms with Crippen LogP contribution in [-0.4, -0.2) is 28.8 Å². The molecule has 0 aliphatic carbocycles. The van der Waals surface area contributed by atoms with Gasteiger partial charge in [-0.05, 0) is 47.9 Å². The molecule has 1 aliphatic rings. The van der Waals surface area contributed by atoms with Crippen molar-refractivity contribution in [2.75, 3.05) is 13.7 Å². The summed E-state index contributed by atoms with van der Waals surface area (Å²) in [5.41, 5.74) is 1.87. The molecule has 7 heteroatoms. The minimum atomic E-state index is -0.0320. The molecule has 3 rings (SSSR count). The summed E-state index contributed by atoms with van der Waals surface area (Å²) < 4.78 is 12.0. The van der Waals surface area contributed by atoms with Crippen molar-refractivity contribution < 1.29 is 14.3 Å². The molecule has 0 N–H and O–H groups in total. The Labute approximate surface area is 185 Å². The van der Waals surface area contributed by atoms with E-state index in [1.165, 1.54) is 11.8 Å². The smallest absolute Gasteiger partial charge is 0.266 e. The summed E-state index contributed by atoms with van der Waals surface area (Å²) in [6.45, 7) is 3.17. The van der Waals surface area contributed by atoms with Gasteiger partial charge in [0.15, 0.2) is 11.5 Å². The van der Waals surface area contributed by atoms with Gasteiger partial charge in [0.1, 0.15) is 10.9 Å². The number of methoxy groups -OCH3 is 1. The summed E-state index contributed by atoms with van der Waals surface area (Å²) in [4.78, 5) is 14.9. The number of rotatable bonds is 8. The fraction of sp³-hybridized carbons (Fsp3) is 0.273. The molecule has 4 nitrogen and oxygen atoms in total. The molecule has 1 heterocycles. The first-order chi connectivity index (χ1) is 14.0. The molecule has 0 atom stereocenters. The van der Waals surface area contributed by atoms with Crippen molar-refractivity contribution in [3.8, 4) is 11.5 Å². The van der Waals surface area contributed by atoms with E-state index in [9.17, 15) is 4.79 Å².